The zero-order valence-corrected chi connectivity index (χ0v) is 10.0. The van der Waals surface area contributed by atoms with Crippen molar-refractivity contribution in [1.82, 2.24) is 5.09 Å². The summed E-state index contributed by atoms with van der Waals surface area (Å²) < 4.78 is 6.14. The highest BCUT2D eigenvalue weighted by atomic mass is 31.2. The average molecular weight is 213 g/mol. The Morgan fingerprint density at radius 1 is 1.36 bits per heavy atom. The fraction of sp³-hybridized carbons (Fsp3) is 0.909. The molecule has 1 saturated heterocycles. The zero-order chi connectivity index (χ0) is 9.97. The van der Waals surface area contributed by atoms with Crippen molar-refractivity contribution in [2.75, 3.05) is 13.3 Å². The molecule has 3 rings (SSSR count). The molecule has 1 heterocycles. The van der Waals surface area contributed by atoms with Gasteiger partial charge in [0.1, 0.15) is 0 Å². The maximum Gasteiger partial charge on any atom is 0.0847 e. The van der Waals surface area contributed by atoms with Crippen LogP contribution in [-0.2, 0) is 4.74 Å². The number of rotatable bonds is 2. The molecule has 1 aliphatic heterocycles. The molecule has 0 amide bonds. The number of ether oxygens (including phenoxy) is 1. The first kappa shape index (κ1) is 9.45. The van der Waals surface area contributed by atoms with E-state index in [2.05, 4.69) is 24.7 Å². The van der Waals surface area contributed by atoms with E-state index in [4.69, 9.17) is 4.74 Å². The standard InChI is InChI=1S/C11H20NOP/c1-14(2,3)12-10-8-4-5-9(8)13-11(10)6-7-11/h8-10,12H,1,4-7H2,2-3H3/t8-,9+,10+/m1/s1. The minimum Gasteiger partial charge on any atom is -0.370 e. The first-order valence-corrected chi connectivity index (χ1v) is 8.51. The van der Waals surface area contributed by atoms with Crippen LogP contribution in [0, 0.1) is 5.92 Å². The highest BCUT2D eigenvalue weighted by Crippen LogP contribution is 2.59. The molecule has 3 aliphatic rings. The van der Waals surface area contributed by atoms with Crippen LogP contribution in [0.2, 0.25) is 0 Å². The predicted octanol–water partition coefficient (Wildman–Crippen LogP) is 1.91. The molecule has 0 unspecified atom stereocenters. The van der Waals surface area contributed by atoms with Gasteiger partial charge in [-0.2, -0.15) is 0 Å². The minimum atomic E-state index is -1.11. The van der Waals surface area contributed by atoms with Crippen molar-refractivity contribution in [3.05, 3.63) is 0 Å². The molecule has 2 saturated carbocycles. The first-order chi connectivity index (χ1) is 6.50. The summed E-state index contributed by atoms with van der Waals surface area (Å²) in [6.07, 6.45) is 10.0. The molecule has 0 radical (unpaired) electrons. The van der Waals surface area contributed by atoms with E-state index in [1.807, 2.05) is 0 Å². The van der Waals surface area contributed by atoms with Crippen molar-refractivity contribution < 1.29 is 4.74 Å². The summed E-state index contributed by atoms with van der Waals surface area (Å²) in [6, 6.07) is 0.627. The molecule has 1 N–H and O–H groups in total. The molecule has 3 fully saturated rings. The molecule has 1 spiro atoms. The van der Waals surface area contributed by atoms with Crippen molar-refractivity contribution in [2.45, 2.75) is 43.4 Å². The third-order valence-electron chi connectivity index (χ3n) is 3.87. The van der Waals surface area contributed by atoms with E-state index in [-0.39, 0.29) is 5.60 Å². The third kappa shape index (κ3) is 1.31. The van der Waals surface area contributed by atoms with E-state index < -0.39 is 7.04 Å². The van der Waals surface area contributed by atoms with Crippen LogP contribution < -0.4 is 5.09 Å². The smallest absolute Gasteiger partial charge is 0.0847 e. The summed E-state index contributed by atoms with van der Waals surface area (Å²) in [5.74, 6) is 0.804. The zero-order valence-electron chi connectivity index (χ0n) is 9.12. The number of hydrogen-bond acceptors (Lipinski definition) is 2. The van der Waals surface area contributed by atoms with E-state index in [0.29, 0.717) is 12.1 Å². The van der Waals surface area contributed by atoms with Crippen LogP contribution in [-0.4, -0.2) is 37.4 Å². The normalized spacial score (nSPS) is 43.4. The van der Waals surface area contributed by atoms with Gasteiger partial charge in [-0.05, 0) is 39.0 Å². The lowest BCUT2D eigenvalue weighted by Crippen LogP contribution is -2.43. The number of nitrogens with one attached hydrogen (secondary N) is 1. The Hall–Kier alpha value is 0.220. The lowest BCUT2D eigenvalue weighted by atomic mass is 9.78. The van der Waals surface area contributed by atoms with Crippen LogP contribution in [0.1, 0.15) is 25.7 Å². The topological polar surface area (TPSA) is 21.3 Å². The van der Waals surface area contributed by atoms with Crippen molar-refractivity contribution in [3.63, 3.8) is 0 Å². The molecule has 0 aromatic carbocycles. The number of fused-ring (bicyclic) bond motifs is 1. The van der Waals surface area contributed by atoms with Gasteiger partial charge in [0.05, 0.1) is 11.7 Å². The van der Waals surface area contributed by atoms with E-state index in [1.54, 1.807) is 0 Å². The van der Waals surface area contributed by atoms with Crippen LogP contribution in [0.5, 0.6) is 0 Å². The Morgan fingerprint density at radius 2 is 2.07 bits per heavy atom. The fourth-order valence-electron chi connectivity index (χ4n) is 2.93. The first-order valence-electron chi connectivity index (χ1n) is 5.64. The van der Waals surface area contributed by atoms with E-state index in [0.717, 1.165) is 5.92 Å². The van der Waals surface area contributed by atoms with Crippen LogP contribution in [0.3, 0.4) is 0 Å². The summed E-state index contributed by atoms with van der Waals surface area (Å²) in [4.78, 5) is 0. The molecule has 2 nitrogen and oxygen atoms in total. The third-order valence-corrected chi connectivity index (χ3v) is 4.85. The highest BCUT2D eigenvalue weighted by Gasteiger charge is 2.64. The summed E-state index contributed by atoms with van der Waals surface area (Å²) >= 11 is 0. The van der Waals surface area contributed by atoms with Gasteiger partial charge < -0.3 is 4.74 Å². The fourth-order valence-corrected chi connectivity index (χ4v) is 4.11. The Morgan fingerprint density at radius 3 is 2.50 bits per heavy atom. The van der Waals surface area contributed by atoms with Gasteiger partial charge in [0.2, 0.25) is 0 Å². The van der Waals surface area contributed by atoms with Crippen molar-refractivity contribution in [2.24, 2.45) is 5.92 Å². The summed E-state index contributed by atoms with van der Waals surface area (Å²) in [5, 5.41) is 3.78. The van der Waals surface area contributed by atoms with Gasteiger partial charge in [-0.25, -0.2) is 0 Å². The van der Waals surface area contributed by atoms with E-state index >= 15 is 0 Å². The van der Waals surface area contributed by atoms with Crippen molar-refractivity contribution >= 4 is 13.3 Å². The number of hydrogen-bond donors (Lipinski definition) is 1. The largest absolute Gasteiger partial charge is 0.370 e. The SMILES string of the molecule is C=P(C)(C)N[C@H]1[C@@H]2CC[C@@H]2OC12CC2. The summed E-state index contributed by atoms with van der Waals surface area (Å²) in [6.45, 7) is 4.52. The van der Waals surface area contributed by atoms with Gasteiger partial charge in [0.15, 0.2) is 0 Å². The second kappa shape index (κ2) is 2.66. The summed E-state index contributed by atoms with van der Waals surface area (Å²) in [7, 11) is -1.11. The van der Waals surface area contributed by atoms with Crippen molar-refractivity contribution in [3.8, 4) is 0 Å². The van der Waals surface area contributed by atoms with Gasteiger partial charge >= 0.3 is 0 Å². The molecule has 3 atom stereocenters. The van der Waals surface area contributed by atoms with Crippen LogP contribution in [0.15, 0.2) is 0 Å². The second-order valence-electron chi connectivity index (χ2n) is 5.75. The maximum absolute atomic E-state index is 6.14. The van der Waals surface area contributed by atoms with Gasteiger partial charge in [-0.1, -0.05) is 13.3 Å². The highest BCUT2D eigenvalue weighted by molar-refractivity contribution is 7.70. The lowest BCUT2D eigenvalue weighted by molar-refractivity contribution is -0.0165. The molecule has 3 heteroatoms. The molecular weight excluding hydrogens is 193 g/mol. The second-order valence-corrected chi connectivity index (χ2v) is 9.38. The monoisotopic (exact) mass is 213 g/mol. The van der Waals surface area contributed by atoms with Gasteiger partial charge in [0.25, 0.3) is 0 Å². The molecule has 0 aromatic heterocycles. The van der Waals surface area contributed by atoms with Gasteiger partial charge in [-0.15, -0.1) is 0 Å². The molecule has 14 heavy (non-hydrogen) atoms. The predicted molar refractivity (Wildman–Crippen MR) is 62.4 cm³/mol. The van der Waals surface area contributed by atoms with E-state index in [1.165, 1.54) is 25.7 Å². The molecule has 0 aromatic rings. The molecular formula is C11H20NOP. The van der Waals surface area contributed by atoms with E-state index in [9.17, 15) is 0 Å². The lowest BCUT2D eigenvalue weighted by Gasteiger charge is -2.34. The molecule has 80 valence electrons. The van der Waals surface area contributed by atoms with Crippen molar-refractivity contribution in [1.29, 1.82) is 0 Å². The Kier molecular flexibility index (Phi) is 1.80. The molecule has 0 bridgehead atoms. The Bertz CT molecular complexity index is 304. The quantitative estimate of drug-likeness (QED) is 0.707. The van der Waals surface area contributed by atoms with Crippen LogP contribution in [0.25, 0.3) is 0 Å². The molecule has 2 aliphatic carbocycles. The minimum absolute atomic E-state index is 0.251. The van der Waals surface area contributed by atoms with Crippen LogP contribution >= 0.6 is 7.04 Å². The summed E-state index contributed by atoms with van der Waals surface area (Å²) in [5.41, 5.74) is 0.251. The average Bonchev–Trinajstić information content (AvgIpc) is 2.71. The van der Waals surface area contributed by atoms with Gasteiger partial charge in [0, 0.05) is 12.0 Å². The maximum atomic E-state index is 6.14. The van der Waals surface area contributed by atoms with Gasteiger partial charge in [-0.3, -0.25) is 5.09 Å². The Labute approximate surface area is 86.4 Å². The van der Waals surface area contributed by atoms with Crippen LogP contribution in [0.4, 0.5) is 0 Å². The Balaban J connectivity index is 1.80.